The molecule has 0 aromatic heterocycles. The van der Waals surface area contributed by atoms with Crippen molar-refractivity contribution in [2.45, 2.75) is 52.4 Å². The molecular formula is C18H26. The Labute approximate surface area is 113 Å². The lowest BCUT2D eigenvalue weighted by Crippen LogP contribution is -2.30. The van der Waals surface area contributed by atoms with Gasteiger partial charge < -0.3 is 0 Å². The largest absolute Gasteiger partial charge is 0.119 e. The molecule has 0 amide bonds. The molecule has 0 spiro atoms. The predicted molar refractivity (Wildman–Crippen MR) is 81.2 cm³/mol. The third-order valence-corrected chi connectivity index (χ3v) is 4.06. The van der Waals surface area contributed by atoms with Crippen LogP contribution in [0, 0.1) is 23.7 Å². The first-order valence-electron chi connectivity index (χ1n) is 7.16. The van der Waals surface area contributed by atoms with Crippen LogP contribution in [0.1, 0.15) is 52.4 Å². The Kier molecular flexibility index (Phi) is 6.58. The SMILES string of the molecule is C#CC(/C=C\C=C/C)C1(C/C=C\C)CCCCC1. The van der Waals surface area contributed by atoms with Crippen molar-refractivity contribution in [2.75, 3.05) is 0 Å². The maximum Gasteiger partial charge on any atom is 0.0442 e. The van der Waals surface area contributed by atoms with Gasteiger partial charge in [0.05, 0.1) is 0 Å². The minimum atomic E-state index is 0.269. The Bertz CT molecular complexity index is 343. The van der Waals surface area contributed by atoms with Gasteiger partial charge in [-0.3, -0.25) is 0 Å². The van der Waals surface area contributed by atoms with Gasteiger partial charge in [0.25, 0.3) is 0 Å². The van der Waals surface area contributed by atoms with Crippen molar-refractivity contribution in [3.8, 4) is 12.3 Å². The lowest BCUT2D eigenvalue weighted by atomic mass is 9.64. The van der Waals surface area contributed by atoms with Crippen molar-refractivity contribution >= 4 is 0 Å². The Morgan fingerprint density at radius 2 is 1.83 bits per heavy atom. The summed E-state index contributed by atoms with van der Waals surface area (Å²) in [6.45, 7) is 4.13. The standard InChI is InChI=1S/C18H26/c1-4-7-10-13-17(6-3)18(14-8-5-2)15-11-9-12-16-18/h3-5,7-8,10,13,17H,9,11-12,14-16H2,1-2H3/b7-4-,8-5-,13-10-. The molecule has 0 heteroatoms. The van der Waals surface area contributed by atoms with Crippen molar-refractivity contribution in [3.05, 3.63) is 36.5 Å². The molecule has 0 bridgehead atoms. The van der Waals surface area contributed by atoms with Gasteiger partial charge in [0.2, 0.25) is 0 Å². The molecule has 1 aliphatic carbocycles. The van der Waals surface area contributed by atoms with Crippen LogP contribution in [0.15, 0.2) is 36.5 Å². The highest BCUT2D eigenvalue weighted by atomic mass is 14.4. The molecule has 0 radical (unpaired) electrons. The number of rotatable bonds is 5. The van der Waals surface area contributed by atoms with Crippen LogP contribution in [0.2, 0.25) is 0 Å². The molecule has 0 aromatic carbocycles. The lowest BCUT2D eigenvalue weighted by molar-refractivity contribution is 0.158. The number of hydrogen-bond acceptors (Lipinski definition) is 0. The molecule has 0 aromatic rings. The predicted octanol–water partition coefficient (Wildman–Crippen LogP) is 5.28. The topological polar surface area (TPSA) is 0 Å². The summed E-state index contributed by atoms with van der Waals surface area (Å²) in [7, 11) is 0. The quantitative estimate of drug-likeness (QED) is 0.349. The van der Waals surface area contributed by atoms with E-state index in [2.05, 4.69) is 43.2 Å². The molecule has 1 fully saturated rings. The monoisotopic (exact) mass is 242 g/mol. The van der Waals surface area contributed by atoms with E-state index >= 15 is 0 Å². The highest BCUT2D eigenvalue weighted by Gasteiger charge is 2.36. The zero-order valence-electron chi connectivity index (χ0n) is 11.9. The van der Waals surface area contributed by atoms with Crippen LogP contribution < -0.4 is 0 Å². The number of terminal acetylenes is 1. The van der Waals surface area contributed by atoms with Gasteiger partial charge in [-0.05, 0) is 38.5 Å². The molecule has 1 saturated carbocycles. The van der Waals surface area contributed by atoms with E-state index in [-0.39, 0.29) is 5.92 Å². The third-order valence-electron chi connectivity index (χ3n) is 4.06. The fraction of sp³-hybridized carbons (Fsp3) is 0.556. The van der Waals surface area contributed by atoms with Crippen molar-refractivity contribution in [3.63, 3.8) is 0 Å². The van der Waals surface area contributed by atoms with E-state index in [4.69, 9.17) is 6.42 Å². The molecule has 98 valence electrons. The normalized spacial score (nSPS) is 21.6. The summed E-state index contributed by atoms with van der Waals surface area (Å²) in [5, 5.41) is 0. The third kappa shape index (κ3) is 3.91. The summed E-state index contributed by atoms with van der Waals surface area (Å²) in [6.07, 6.45) is 26.4. The van der Waals surface area contributed by atoms with Gasteiger partial charge in [0.15, 0.2) is 0 Å². The molecular weight excluding hydrogens is 216 g/mol. The average Bonchev–Trinajstić information content (AvgIpc) is 2.42. The minimum absolute atomic E-state index is 0.269. The molecule has 1 rings (SSSR count). The van der Waals surface area contributed by atoms with E-state index in [9.17, 15) is 0 Å². The molecule has 0 saturated heterocycles. The second kappa shape index (κ2) is 7.98. The van der Waals surface area contributed by atoms with E-state index in [1.165, 1.54) is 32.1 Å². The van der Waals surface area contributed by atoms with Gasteiger partial charge in [-0.15, -0.1) is 6.42 Å². The zero-order chi connectivity index (χ0) is 13.3. The molecule has 0 N–H and O–H groups in total. The fourth-order valence-electron chi connectivity index (χ4n) is 2.97. The summed E-state index contributed by atoms with van der Waals surface area (Å²) in [5.74, 6) is 3.29. The Morgan fingerprint density at radius 1 is 1.11 bits per heavy atom. The van der Waals surface area contributed by atoms with Crippen LogP contribution in [-0.2, 0) is 0 Å². The van der Waals surface area contributed by atoms with Gasteiger partial charge in [0.1, 0.15) is 0 Å². The second-order valence-corrected chi connectivity index (χ2v) is 5.25. The van der Waals surface area contributed by atoms with Crippen LogP contribution in [0.3, 0.4) is 0 Å². The zero-order valence-corrected chi connectivity index (χ0v) is 11.9. The van der Waals surface area contributed by atoms with E-state index < -0.39 is 0 Å². The van der Waals surface area contributed by atoms with Crippen molar-refractivity contribution < 1.29 is 0 Å². The maximum atomic E-state index is 5.79. The summed E-state index contributed by atoms with van der Waals surface area (Å²) in [6, 6.07) is 0. The minimum Gasteiger partial charge on any atom is -0.119 e. The van der Waals surface area contributed by atoms with Crippen LogP contribution in [-0.4, -0.2) is 0 Å². The molecule has 1 unspecified atom stereocenters. The summed E-state index contributed by atoms with van der Waals surface area (Å²) in [5.41, 5.74) is 0.303. The average molecular weight is 242 g/mol. The molecule has 1 aliphatic rings. The Hall–Kier alpha value is -1.22. The van der Waals surface area contributed by atoms with E-state index in [0.29, 0.717) is 5.41 Å². The summed E-state index contributed by atoms with van der Waals surface area (Å²) < 4.78 is 0. The number of allylic oxidation sites excluding steroid dienone is 6. The lowest BCUT2D eigenvalue weighted by Gasteiger charge is -2.40. The number of hydrogen-bond donors (Lipinski definition) is 0. The van der Waals surface area contributed by atoms with E-state index in [1.807, 2.05) is 13.0 Å². The molecule has 18 heavy (non-hydrogen) atoms. The van der Waals surface area contributed by atoms with E-state index in [1.54, 1.807) is 0 Å². The van der Waals surface area contributed by atoms with Crippen LogP contribution in [0.5, 0.6) is 0 Å². The fourth-order valence-corrected chi connectivity index (χ4v) is 2.97. The first-order valence-corrected chi connectivity index (χ1v) is 7.16. The first kappa shape index (κ1) is 14.8. The molecule has 0 aliphatic heterocycles. The summed E-state index contributed by atoms with van der Waals surface area (Å²) >= 11 is 0. The highest BCUT2D eigenvalue weighted by Crippen LogP contribution is 2.46. The van der Waals surface area contributed by atoms with Gasteiger partial charge in [-0.2, -0.15) is 0 Å². The molecule has 1 atom stereocenters. The van der Waals surface area contributed by atoms with Crippen molar-refractivity contribution in [1.82, 2.24) is 0 Å². The van der Waals surface area contributed by atoms with Crippen LogP contribution in [0.4, 0.5) is 0 Å². The maximum absolute atomic E-state index is 5.79. The van der Waals surface area contributed by atoms with Crippen LogP contribution >= 0.6 is 0 Å². The smallest absolute Gasteiger partial charge is 0.0442 e. The summed E-state index contributed by atoms with van der Waals surface area (Å²) in [4.78, 5) is 0. The van der Waals surface area contributed by atoms with Crippen molar-refractivity contribution in [2.24, 2.45) is 11.3 Å². The van der Waals surface area contributed by atoms with Crippen molar-refractivity contribution in [1.29, 1.82) is 0 Å². The van der Waals surface area contributed by atoms with Gasteiger partial charge in [0, 0.05) is 5.92 Å². The van der Waals surface area contributed by atoms with Crippen LogP contribution in [0.25, 0.3) is 0 Å². The van der Waals surface area contributed by atoms with E-state index in [0.717, 1.165) is 6.42 Å². The molecule has 0 nitrogen and oxygen atoms in total. The Balaban J connectivity index is 2.88. The Morgan fingerprint density at radius 3 is 2.39 bits per heavy atom. The second-order valence-electron chi connectivity index (χ2n) is 5.25. The van der Waals surface area contributed by atoms with Gasteiger partial charge in [-0.1, -0.05) is 61.6 Å². The van der Waals surface area contributed by atoms with Gasteiger partial charge in [-0.25, -0.2) is 0 Å². The highest BCUT2D eigenvalue weighted by molar-refractivity contribution is 5.17. The molecule has 0 heterocycles. The van der Waals surface area contributed by atoms with Gasteiger partial charge >= 0.3 is 0 Å². The first-order chi connectivity index (χ1) is 8.79.